The van der Waals surface area contributed by atoms with Crippen molar-refractivity contribution in [2.45, 2.75) is 24.8 Å². The van der Waals surface area contributed by atoms with Gasteiger partial charge in [-0.05, 0) is 65.9 Å². The van der Waals surface area contributed by atoms with Crippen molar-refractivity contribution >= 4 is 28.9 Å². The second kappa shape index (κ2) is 7.84. The number of methoxy groups -OCH3 is 1. The Kier molecular flexibility index (Phi) is 5.29. The molecule has 3 aromatic carbocycles. The van der Waals surface area contributed by atoms with Crippen LogP contribution in [0.15, 0.2) is 66.7 Å². The zero-order valence-corrected chi connectivity index (χ0v) is 16.6. The van der Waals surface area contributed by atoms with Gasteiger partial charge in [0, 0.05) is 11.6 Å². The van der Waals surface area contributed by atoms with Crippen LogP contribution < -0.4 is 10.1 Å². The Bertz CT molecular complexity index is 939. The fourth-order valence-corrected chi connectivity index (χ4v) is 4.21. The lowest BCUT2D eigenvalue weighted by Crippen LogP contribution is -2.21. The number of rotatable bonds is 4. The first-order chi connectivity index (χ1) is 13.2. The molecule has 0 amide bonds. The summed E-state index contributed by atoms with van der Waals surface area (Å²) >= 11 is 12.4. The predicted octanol–water partition coefficient (Wildman–Crippen LogP) is 7.08. The lowest BCUT2D eigenvalue weighted by molar-refractivity contribution is 0.415. The maximum Gasteiger partial charge on any atom is 0.119 e. The predicted molar refractivity (Wildman–Crippen MR) is 113 cm³/mol. The first-order valence-corrected chi connectivity index (χ1v) is 9.85. The van der Waals surface area contributed by atoms with Gasteiger partial charge in [-0.3, -0.25) is 0 Å². The van der Waals surface area contributed by atoms with Crippen LogP contribution >= 0.6 is 23.2 Å². The lowest BCUT2D eigenvalue weighted by Gasteiger charge is -2.33. The summed E-state index contributed by atoms with van der Waals surface area (Å²) in [6.07, 6.45) is 2.11. The van der Waals surface area contributed by atoms with E-state index < -0.39 is 0 Å². The van der Waals surface area contributed by atoms with Crippen LogP contribution in [0.25, 0.3) is 0 Å². The van der Waals surface area contributed by atoms with Crippen LogP contribution in [0.4, 0.5) is 5.69 Å². The van der Waals surface area contributed by atoms with Crippen LogP contribution in [-0.2, 0) is 0 Å². The molecule has 0 fully saturated rings. The highest BCUT2D eigenvalue weighted by atomic mass is 35.5. The Balaban J connectivity index is 1.63. The average Bonchev–Trinajstić information content (AvgIpc) is 2.71. The number of hydrogen-bond acceptors (Lipinski definition) is 2. The lowest BCUT2D eigenvalue weighted by atomic mass is 9.76. The van der Waals surface area contributed by atoms with Gasteiger partial charge in [-0.1, -0.05) is 53.5 Å². The second-order valence-electron chi connectivity index (χ2n) is 6.86. The van der Waals surface area contributed by atoms with Crippen molar-refractivity contribution in [2.75, 3.05) is 12.4 Å². The molecule has 0 saturated heterocycles. The van der Waals surface area contributed by atoms with Crippen molar-refractivity contribution in [1.29, 1.82) is 0 Å². The first kappa shape index (κ1) is 18.2. The fourth-order valence-electron chi connectivity index (χ4n) is 3.90. The molecular weight excluding hydrogens is 377 g/mol. The average molecular weight is 398 g/mol. The van der Waals surface area contributed by atoms with E-state index in [0.717, 1.165) is 24.3 Å². The Morgan fingerprint density at radius 1 is 0.852 bits per heavy atom. The van der Waals surface area contributed by atoms with E-state index in [1.54, 1.807) is 7.11 Å². The van der Waals surface area contributed by atoms with E-state index in [0.29, 0.717) is 16.0 Å². The Morgan fingerprint density at radius 2 is 1.59 bits per heavy atom. The summed E-state index contributed by atoms with van der Waals surface area (Å²) in [4.78, 5) is 0. The van der Waals surface area contributed by atoms with Gasteiger partial charge in [0.15, 0.2) is 0 Å². The molecule has 1 N–H and O–H groups in total. The summed E-state index contributed by atoms with van der Waals surface area (Å²) < 4.78 is 5.25. The Labute approximate surface area is 170 Å². The molecule has 0 heterocycles. The molecule has 2 atom stereocenters. The molecule has 4 rings (SSSR count). The smallest absolute Gasteiger partial charge is 0.119 e. The standard InChI is InChI=1S/C23H21Cl2NO/c1-27-17-9-7-16(8-10-17)26-23-13-11-18(19-4-2-3-5-20(19)23)15-6-12-21(24)22(25)14-15/h2-10,12,14,18,23,26H,11,13H2,1H3. The van der Waals surface area contributed by atoms with E-state index in [9.17, 15) is 0 Å². The van der Waals surface area contributed by atoms with Crippen molar-refractivity contribution < 1.29 is 4.74 Å². The third kappa shape index (κ3) is 3.78. The van der Waals surface area contributed by atoms with Crippen LogP contribution in [-0.4, -0.2) is 7.11 Å². The minimum Gasteiger partial charge on any atom is -0.497 e. The second-order valence-corrected chi connectivity index (χ2v) is 7.67. The molecule has 27 heavy (non-hydrogen) atoms. The number of anilines is 1. The number of ether oxygens (including phenoxy) is 1. The zero-order valence-electron chi connectivity index (χ0n) is 15.1. The summed E-state index contributed by atoms with van der Waals surface area (Å²) in [6.45, 7) is 0. The van der Waals surface area contributed by atoms with Crippen molar-refractivity contribution in [3.8, 4) is 5.75 Å². The van der Waals surface area contributed by atoms with E-state index in [1.807, 2.05) is 24.3 Å². The van der Waals surface area contributed by atoms with Crippen molar-refractivity contribution in [1.82, 2.24) is 0 Å². The van der Waals surface area contributed by atoms with Crippen LogP contribution in [0.3, 0.4) is 0 Å². The Morgan fingerprint density at radius 3 is 2.30 bits per heavy atom. The van der Waals surface area contributed by atoms with E-state index in [-0.39, 0.29) is 6.04 Å². The van der Waals surface area contributed by atoms with Crippen molar-refractivity contribution in [3.63, 3.8) is 0 Å². The molecular formula is C23H21Cl2NO. The van der Waals surface area contributed by atoms with E-state index in [2.05, 4.69) is 47.8 Å². The molecule has 0 spiro atoms. The number of nitrogens with one attached hydrogen (secondary N) is 1. The van der Waals surface area contributed by atoms with Gasteiger partial charge in [-0.2, -0.15) is 0 Å². The van der Waals surface area contributed by atoms with Gasteiger partial charge < -0.3 is 10.1 Å². The third-order valence-corrected chi connectivity index (χ3v) is 6.01. The SMILES string of the molecule is COc1ccc(NC2CCC(c3ccc(Cl)c(Cl)c3)c3ccccc32)cc1. The van der Waals surface area contributed by atoms with Crippen LogP contribution in [0.2, 0.25) is 10.0 Å². The highest BCUT2D eigenvalue weighted by Crippen LogP contribution is 2.43. The van der Waals surface area contributed by atoms with Gasteiger partial charge in [-0.25, -0.2) is 0 Å². The highest BCUT2D eigenvalue weighted by molar-refractivity contribution is 6.42. The molecule has 4 heteroatoms. The molecule has 138 valence electrons. The van der Waals surface area contributed by atoms with Crippen LogP contribution in [0.1, 0.15) is 41.5 Å². The summed E-state index contributed by atoms with van der Waals surface area (Å²) in [7, 11) is 1.68. The van der Waals surface area contributed by atoms with Gasteiger partial charge in [0.25, 0.3) is 0 Å². The molecule has 0 aliphatic heterocycles. The topological polar surface area (TPSA) is 21.3 Å². The number of benzene rings is 3. The molecule has 3 aromatic rings. The van der Waals surface area contributed by atoms with Gasteiger partial charge in [0.1, 0.15) is 5.75 Å². The third-order valence-electron chi connectivity index (χ3n) is 5.27. The monoisotopic (exact) mass is 397 g/mol. The maximum absolute atomic E-state index is 6.27. The molecule has 2 unspecified atom stereocenters. The largest absolute Gasteiger partial charge is 0.497 e. The van der Waals surface area contributed by atoms with Gasteiger partial charge in [0.2, 0.25) is 0 Å². The quantitative estimate of drug-likeness (QED) is 0.507. The van der Waals surface area contributed by atoms with Crippen LogP contribution in [0, 0.1) is 0 Å². The van der Waals surface area contributed by atoms with Crippen molar-refractivity contribution in [3.05, 3.63) is 93.5 Å². The first-order valence-electron chi connectivity index (χ1n) is 9.10. The molecule has 2 nitrogen and oxygen atoms in total. The van der Waals surface area contributed by atoms with Gasteiger partial charge in [-0.15, -0.1) is 0 Å². The van der Waals surface area contributed by atoms with Gasteiger partial charge in [0.05, 0.1) is 23.2 Å². The normalized spacial score (nSPS) is 18.6. The molecule has 0 radical (unpaired) electrons. The molecule has 0 bridgehead atoms. The summed E-state index contributed by atoms with van der Waals surface area (Å²) in [5.74, 6) is 1.20. The summed E-state index contributed by atoms with van der Waals surface area (Å²) in [5.41, 5.74) is 5.02. The summed E-state index contributed by atoms with van der Waals surface area (Å²) in [6, 6.07) is 23.0. The summed E-state index contributed by atoms with van der Waals surface area (Å²) in [5, 5.41) is 4.89. The zero-order chi connectivity index (χ0) is 18.8. The minimum atomic E-state index is 0.286. The van der Waals surface area contributed by atoms with Crippen molar-refractivity contribution in [2.24, 2.45) is 0 Å². The molecule has 0 saturated carbocycles. The molecule has 1 aliphatic carbocycles. The van der Waals surface area contributed by atoms with Gasteiger partial charge >= 0.3 is 0 Å². The van der Waals surface area contributed by atoms with E-state index in [4.69, 9.17) is 27.9 Å². The number of halogens is 2. The van der Waals surface area contributed by atoms with E-state index >= 15 is 0 Å². The molecule has 1 aliphatic rings. The number of hydrogen-bond donors (Lipinski definition) is 1. The highest BCUT2D eigenvalue weighted by Gasteiger charge is 2.28. The number of fused-ring (bicyclic) bond motifs is 1. The van der Waals surface area contributed by atoms with Crippen LogP contribution in [0.5, 0.6) is 5.75 Å². The van der Waals surface area contributed by atoms with E-state index in [1.165, 1.54) is 16.7 Å². The maximum atomic E-state index is 6.27. The molecule has 0 aromatic heterocycles. The Hall–Kier alpha value is -2.16. The fraction of sp³-hybridized carbons (Fsp3) is 0.217. The minimum absolute atomic E-state index is 0.286.